The van der Waals surface area contributed by atoms with Crippen molar-refractivity contribution in [2.45, 2.75) is 30.9 Å². The van der Waals surface area contributed by atoms with Crippen molar-refractivity contribution in [1.82, 2.24) is 0 Å². The number of rotatable bonds is 3. The molecule has 0 radical (unpaired) electrons. The van der Waals surface area contributed by atoms with Gasteiger partial charge in [0.25, 0.3) is 0 Å². The molecule has 0 saturated carbocycles. The number of hydrogen-bond donors (Lipinski definition) is 1. The van der Waals surface area contributed by atoms with E-state index in [-0.39, 0.29) is 0 Å². The van der Waals surface area contributed by atoms with Crippen LogP contribution in [-0.4, -0.2) is 21.6 Å². The first-order chi connectivity index (χ1) is 6.10. The lowest BCUT2D eigenvalue weighted by Crippen LogP contribution is -2.32. The van der Waals surface area contributed by atoms with Crippen molar-refractivity contribution in [3.8, 4) is 0 Å². The minimum atomic E-state index is -0.701. The maximum Gasteiger partial charge on any atom is 0.320 e. The summed E-state index contributed by atoms with van der Waals surface area (Å²) >= 11 is 7.08. The summed E-state index contributed by atoms with van der Waals surface area (Å²) in [6, 6.07) is 0. The Hall–Kier alpha value is -0.150. The summed E-state index contributed by atoms with van der Waals surface area (Å²) < 4.78 is -0.602. The summed E-state index contributed by atoms with van der Waals surface area (Å²) in [7, 11) is 0. The molecule has 1 aliphatic heterocycles. The molecule has 0 bridgehead atoms. The van der Waals surface area contributed by atoms with Gasteiger partial charge in [-0.25, -0.2) is 0 Å². The van der Waals surface area contributed by atoms with Gasteiger partial charge < -0.3 is 5.11 Å². The second kappa shape index (κ2) is 4.38. The molecule has 0 aromatic rings. The lowest BCUT2D eigenvalue weighted by Gasteiger charge is -2.22. The van der Waals surface area contributed by atoms with Gasteiger partial charge in [0.1, 0.15) is 4.75 Å². The molecule has 0 amide bonds. The fourth-order valence-electron chi connectivity index (χ4n) is 1.57. The van der Waals surface area contributed by atoms with Crippen LogP contribution >= 0.6 is 23.4 Å². The molecule has 1 heterocycles. The summed E-state index contributed by atoms with van der Waals surface area (Å²) in [6.07, 6.45) is 2.32. The molecule has 1 N–H and O–H groups in total. The van der Waals surface area contributed by atoms with E-state index in [4.69, 9.17) is 16.7 Å². The van der Waals surface area contributed by atoms with Crippen molar-refractivity contribution >= 4 is 29.3 Å². The molecule has 74 valence electrons. The number of hydrogen-bond acceptors (Lipinski definition) is 2. The van der Waals surface area contributed by atoms with Gasteiger partial charge in [0.05, 0.1) is 0 Å². The van der Waals surface area contributed by atoms with E-state index in [0.717, 1.165) is 24.2 Å². The zero-order valence-corrected chi connectivity index (χ0v) is 9.12. The van der Waals surface area contributed by atoms with Crippen LogP contribution in [-0.2, 0) is 4.79 Å². The van der Waals surface area contributed by atoms with Gasteiger partial charge in [-0.15, -0.1) is 11.8 Å². The maximum atomic E-state index is 11.1. The summed E-state index contributed by atoms with van der Waals surface area (Å²) in [4.78, 5) is 11.1. The van der Waals surface area contributed by atoms with Gasteiger partial charge in [-0.2, -0.15) is 0 Å². The topological polar surface area (TPSA) is 37.3 Å². The Morgan fingerprint density at radius 1 is 1.77 bits per heavy atom. The lowest BCUT2D eigenvalue weighted by atomic mass is 9.96. The van der Waals surface area contributed by atoms with Gasteiger partial charge in [-0.05, 0) is 31.9 Å². The zero-order chi connectivity index (χ0) is 9.90. The van der Waals surface area contributed by atoms with E-state index >= 15 is 0 Å². The normalized spacial score (nSPS) is 29.2. The Kier molecular flexibility index (Phi) is 3.68. The molecule has 13 heavy (non-hydrogen) atoms. The Bertz CT molecular complexity index is 232. The van der Waals surface area contributed by atoms with Gasteiger partial charge in [-0.1, -0.05) is 17.2 Å². The number of aliphatic carboxylic acids is 1. The average Bonchev–Trinajstić information content (AvgIpc) is 2.54. The van der Waals surface area contributed by atoms with Gasteiger partial charge in [-0.3, -0.25) is 4.79 Å². The van der Waals surface area contributed by atoms with Crippen LogP contribution in [0.3, 0.4) is 0 Å². The van der Waals surface area contributed by atoms with E-state index in [9.17, 15) is 4.79 Å². The molecule has 1 saturated heterocycles. The smallest absolute Gasteiger partial charge is 0.320 e. The van der Waals surface area contributed by atoms with Crippen molar-refractivity contribution in [3.63, 3.8) is 0 Å². The Labute approximate surface area is 87.3 Å². The number of allylic oxidation sites excluding steroid dienone is 1. The second-order valence-electron chi connectivity index (χ2n) is 3.38. The minimum Gasteiger partial charge on any atom is -0.480 e. The molecule has 0 spiro atoms. The van der Waals surface area contributed by atoms with Crippen LogP contribution in [0.5, 0.6) is 0 Å². The minimum absolute atomic E-state index is 0.566. The molecule has 4 heteroatoms. The molecular weight excluding hydrogens is 208 g/mol. The van der Waals surface area contributed by atoms with Crippen LogP contribution in [0.4, 0.5) is 0 Å². The van der Waals surface area contributed by atoms with E-state index in [2.05, 4.69) is 0 Å². The quantitative estimate of drug-likeness (QED) is 0.795. The van der Waals surface area contributed by atoms with Crippen LogP contribution in [0.1, 0.15) is 26.2 Å². The predicted octanol–water partition coefficient (Wildman–Crippen LogP) is 2.87. The molecular formula is C9H13ClO2S. The largest absolute Gasteiger partial charge is 0.480 e. The molecule has 1 unspecified atom stereocenters. The second-order valence-corrected chi connectivity index (χ2v) is 5.08. The van der Waals surface area contributed by atoms with Crippen molar-refractivity contribution in [2.24, 2.45) is 0 Å². The SMILES string of the molecule is CC(=CCl)CC1(C(=O)O)CCCS1. The third-order valence-corrected chi connectivity index (χ3v) is 4.18. The van der Waals surface area contributed by atoms with E-state index in [0.29, 0.717) is 6.42 Å². The summed E-state index contributed by atoms with van der Waals surface area (Å²) in [6.45, 7) is 1.87. The maximum absolute atomic E-state index is 11.1. The summed E-state index contributed by atoms with van der Waals surface area (Å²) in [5.41, 5.74) is 2.42. The highest BCUT2D eigenvalue weighted by Crippen LogP contribution is 2.42. The van der Waals surface area contributed by atoms with Crippen LogP contribution in [0.2, 0.25) is 0 Å². The molecule has 0 aliphatic carbocycles. The van der Waals surface area contributed by atoms with E-state index in [1.807, 2.05) is 6.92 Å². The van der Waals surface area contributed by atoms with Gasteiger partial charge >= 0.3 is 5.97 Å². The number of carbonyl (C=O) groups is 1. The van der Waals surface area contributed by atoms with E-state index < -0.39 is 10.7 Å². The monoisotopic (exact) mass is 220 g/mol. The highest BCUT2D eigenvalue weighted by molar-refractivity contribution is 8.01. The third-order valence-electron chi connectivity index (χ3n) is 2.24. The standard InChI is InChI=1S/C9H13ClO2S/c1-7(6-10)5-9(8(11)12)3-2-4-13-9/h6H,2-5H2,1H3,(H,11,12). The fraction of sp³-hybridized carbons (Fsp3) is 0.667. The number of carboxylic acid groups (broad SMARTS) is 1. The Balaban J connectivity index is 2.74. The van der Waals surface area contributed by atoms with Gasteiger partial charge in [0.2, 0.25) is 0 Å². The summed E-state index contributed by atoms with van der Waals surface area (Å²) in [5, 5.41) is 9.12. The lowest BCUT2D eigenvalue weighted by molar-refractivity contribution is -0.139. The van der Waals surface area contributed by atoms with Crippen LogP contribution in [0.25, 0.3) is 0 Å². The van der Waals surface area contributed by atoms with Crippen molar-refractivity contribution in [2.75, 3.05) is 5.75 Å². The first kappa shape index (κ1) is 10.9. The molecule has 0 aromatic heterocycles. The molecule has 1 atom stereocenters. The average molecular weight is 221 g/mol. The predicted molar refractivity (Wildman–Crippen MR) is 56.3 cm³/mol. The van der Waals surface area contributed by atoms with Crippen LogP contribution in [0, 0.1) is 0 Å². The van der Waals surface area contributed by atoms with Crippen molar-refractivity contribution < 1.29 is 9.90 Å². The number of thioether (sulfide) groups is 1. The molecule has 1 rings (SSSR count). The van der Waals surface area contributed by atoms with E-state index in [1.54, 1.807) is 11.8 Å². The van der Waals surface area contributed by atoms with Crippen LogP contribution < -0.4 is 0 Å². The zero-order valence-electron chi connectivity index (χ0n) is 7.55. The Morgan fingerprint density at radius 3 is 2.85 bits per heavy atom. The fourth-order valence-corrected chi connectivity index (χ4v) is 3.07. The van der Waals surface area contributed by atoms with Crippen molar-refractivity contribution in [1.29, 1.82) is 0 Å². The highest BCUT2D eigenvalue weighted by Gasteiger charge is 2.42. The number of carboxylic acids is 1. The number of halogens is 1. The van der Waals surface area contributed by atoms with E-state index in [1.165, 1.54) is 5.54 Å². The molecule has 2 nitrogen and oxygen atoms in total. The molecule has 0 aromatic carbocycles. The first-order valence-corrected chi connectivity index (χ1v) is 5.66. The molecule has 1 aliphatic rings. The van der Waals surface area contributed by atoms with Gasteiger partial charge in [0.15, 0.2) is 0 Å². The first-order valence-electron chi connectivity index (χ1n) is 4.24. The summed E-state index contributed by atoms with van der Waals surface area (Å²) in [5.74, 6) is 0.245. The van der Waals surface area contributed by atoms with Gasteiger partial charge in [0, 0.05) is 5.54 Å². The molecule has 1 fully saturated rings. The third kappa shape index (κ3) is 2.41. The van der Waals surface area contributed by atoms with Crippen LogP contribution in [0.15, 0.2) is 11.1 Å². The highest BCUT2D eigenvalue weighted by atomic mass is 35.5. The Morgan fingerprint density at radius 2 is 2.46 bits per heavy atom. The van der Waals surface area contributed by atoms with Crippen molar-refractivity contribution in [3.05, 3.63) is 11.1 Å².